The molecule has 1 aromatic carbocycles. The molecule has 0 radical (unpaired) electrons. The maximum Gasteiger partial charge on any atom is 0.295 e. The molecule has 33 heavy (non-hydrogen) atoms. The first-order valence-electron chi connectivity index (χ1n) is 10.8. The molecule has 0 saturated carbocycles. The van der Waals surface area contributed by atoms with Crippen molar-refractivity contribution in [3.63, 3.8) is 0 Å². The lowest BCUT2D eigenvalue weighted by Crippen LogP contribution is -2.38. The van der Waals surface area contributed by atoms with E-state index in [2.05, 4.69) is 9.88 Å². The third kappa shape index (κ3) is 4.74. The maximum absolute atomic E-state index is 14.0. The zero-order chi connectivity index (χ0) is 23.4. The number of likely N-dealkylation sites (tertiary alicyclic amines) is 1. The number of ether oxygens (including phenoxy) is 2. The summed E-state index contributed by atoms with van der Waals surface area (Å²) < 4.78 is 24.6. The lowest BCUT2D eigenvalue weighted by atomic mass is 9.95. The first-order valence-corrected chi connectivity index (χ1v) is 10.8. The number of Topliss-reactive ketones (excluding diaryl/α,β-unsaturated/α-hetero) is 1. The summed E-state index contributed by atoms with van der Waals surface area (Å²) in [6, 6.07) is 6.22. The van der Waals surface area contributed by atoms with Crippen molar-refractivity contribution in [3.05, 3.63) is 65.2 Å². The van der Waals surface area contributed by atoms with Gasteiger partial charge in [-0.05, 0) is 42.3 Å². The Labute approximate surface area is 191 Å². The summed E-state index contributed by atoms with van der Waals surface area (Å²) in [6.45, 7) is 4.09. The molecule has 2 aromatic rings. The normalized spacial score (nSPS) is 20.9. The van der Waals surface area contributed by atoms with Crippen molar-refractivity contribution < 1.29 is 28.6 Å². The van der Waals surface area contributed by atoms with Crippen LogP contribution in [0.5, 0.6) is 5.75 Å². The number of pyridine rings is 1. The molecule has 1 amide bonds. The Kier molecular flexibility index (Phi) is 7.00. The Bertz CT molecular complexity index is 1050. The van der Waals surface area contributed by atoms with E-state index in [-0.39, 0.29) is 16.9 Å². The molecular formula is C24H26FN3O5. The molecule has 4 rings (SSSR count). The molecule has 1 atom stereocenters. The van der Waals surface area contributed by atoms with Gasteiger partial charge in [0.2, 0.25) is 0 Å². The first-order chi connectivity index (χ1) is 16.0. The SMILES string of the molecule is COc1ccc(F)cc1/C(O)=C1\C(=O)C(=O)N(CCCN2CCOCC2)[C@H]1c1ccncc1. The lowest BCUT2D eigenvalue weighted by Gasteiger charge is -2.29. The van der Waals surface area contributed by atoms with E-state index >= 15 is 0 Å². The molecule has 9 heteroatoms. The van der Waals surface area contributed by atoms with E-state index in [9.17, 15) is 19.1 Å². The lowest BCUT2D eigenvalue weighted by molar-refractivity contribution is -0.140. The zero-order valence-electron chi connectivity index (χ0n) is 18.4. The number of ketones is 1. The van der Waals surface area contributed by atoms with Gasteiger partial charge in [0.25, 0.3) is 11.7 Å². The Hall–Kier alpha value is -3.30. The number of benzene rings is 1. The van der Waals surface area contributed by atoms with Crippen LogP contribution < -0.4 is 4.74 Å². The molecule has 8 nitrogen and oxygen atoms in total. The molecule has 2 saturated heterocycles. The van der Waals surface area contributed by atoms with Gasteiger partial charge in [0.1, 0.15) is 17.3 Å². The first kappa shape index (κ1) is 22.9. The standard InChI is InChI=1S/C24H26FN3O5/c1-32-19-4-3-17(25)15-18(19)22(29)20-21(16-5-7-26-8-6-16)28(24(31)23(20)30)10-2-9-27-11-13-33-14-12-27/h3-8,15,21,29H,2,9-14H2,1H3/b22-20+/t21-/m0/s1. The molecular weight excluding hydrogens is 429 g/mol. The number of nitrogens with zero attached hydrogens (tertiary/aromatic N) is 3. The number of hydrogen-bond donors (Lipinski definition) is 1. The van der Waals surface area contributed by atoms with Gasteiger partial charge in [0.05, 0.1) is 37.5 Å². The Morgan fingerprint density at radius 3 is 2.61 bits per heavy atom. The van der Waals surface area contributed by atoms with Gasteiger partial charge in [-0.3, -0.25) is 19.5 Å². The molecule has 1 N–H and O–H groups in total. The average Bonchev–Trinajstić information content (AvgIpc) is 3.10. The fraction of sp³-hybridized carbons (Fsp3) is 0.375. The number of carbonyl (C=O) groups is 2. The van der Waals surface area contributed by atoms with Crippen LogP contribution >= 0.6 is 0 Å². The van der Waals surface area contributed by atoms with Gasteiger partial charge in [-0.1, -0.05) is 0 Å². The van der Waals surface area contributed by atoms with Gasteiger partial charge in [-0.15, -0.1) is 0 Å². The second-order valence-electron chi connectivity index (χ2n) is 7.93. The van der Waals surface area contributed by atoms with Crippen LogP contribution in [0.1, 0.15) is 23.6 Å². The number of aliphatic hydroxyl groups excluding tert-OH is 1. The monoisotopic (exact) mass is 455 g/mol. The highest BCUT2D eigenvalue weighted by atomic mass is 19.1. The molecule has 0 unspecified atom stereocenters. The molecule has 2 aliphatic rings. The highest BCUT2D eigenvalue weighted by Gasteiger charge is 2.46. The van der Waals surface area contributed by atoms with Crippen LogP contribution in [-0.2, 0) is 14.3 Å². The fourth-order valence-electron chi connectivity index (χ4n) is 4.30. The maximum atomic E-state index is 14.0. The predicted molar refractivity (Wildman–Crippen MR) is 118 cm³/mol. The van der Waals surface area contributed by atoms with E-state index in [1.54, 1.807) is 24.5 Å². The minimum absolute atomic E-state index is 0.0165. The van der Waals surface area contributed by atoms with Gasteiger partial charge in [0.15, 0.2) is 0 Å². The van der Waals surface area contributed by atoms with Gasteiger partial charge in [-0.25, -0.2) is 4.39 Å². The molecule has 1 aromatic heterocycles. The predicted octanol–water partition coefficient (Wildman–Crippen LogP) is 2.37. The Morgan fingerprint density at radius 1 is 1.18 bits per heavy atom. The molecule has 2 fully saturated rings. The molecule has 2 aliphatic heterocycles. The van der Waals surface area contributed by atoms with Crippen molar-refractivity contribution in [2.45, 2.75) is 12.5 Å². The van der Waals surface area contributed by atoms with Crippen molar-refractivity contribution in [2.75, 3.05) is 46.5 Å². The van der Waals surface area contributed by atoms with Crippen LogP contribution in [0.15, 0.2) is 48.3 Å². The topological polar surface area (TPSA) is 92.2 Å². The Morgan fingerprint density at radius 2 is 1.91 bits per heavy atom. The summed E-state index contributed by atoms with van der Waals surface area (Å²) in [5.41, 5.74) is 0.553. The van der Waals surface area contributed by atoms with E-state index in [4.69, 9.17) is 9.47 Å². The number of amides is 1. The highest BCUT2D eigenvalue weighted by Crippen LogP contribution is 2.40. The van der Waals surface area contributed by atoms with Crippen LogP contribution in [0.25, 0.3) is 5.76 Å². The number of halogens is 1. The van der Waals surface area contributed by atoms with Gasteiger partial charge >= 0.3 is 0 Å². The molecule has 0 aliphatic carbocycles. The third-order valence-electron chi connectivity index (χ3n) is 5.96. The summed E-state index contributed by atoms with van der Waals surface area (Å²) in [7, 11) is 1.38. The number of morpholine rings is 1. The quantitative estimate of drug-likeness (QED) is 0.389. The third-order valence-corrected chi connectivity index (χ3v) is 5.96. The van der Waals surface area contributed by atoms with E-state index in [1.807, 2.05) is 0 Å². The molecule has 3 heterocycles. The number of rotatable bonds is 7. The summed E-state index contributed by atoms with van der Waals surface area (Å²) in [4.78, 5) is 33.8. The van der Waals surface area contributed by atoms with Crippen molar-refractivity contribution in [2.24, 2.45) is 0 Å². The van der Waals surface area contributed by atoms with E-state index < -0.39 is 29.3 Å². The smallest absolute Gasteiger partial charge is 0.295 e. The van der Waals surface area contributed by atoms with Crippen LogP contribution in [-0.4, -0.2) is 78.1 Å². The number of aromatic nitrogens is 1. The molecule has 0 bridgehead atoms. The number of aliphatic hydroxyl groups is 1. The van der Waals surface area contributed by atoms with E-state index in [1.165, 1.54) is 24.1 Å². The summed E-state index contributed by atoms with van der Waals surface area (Å²) in [5.74, 6) is -2.39. The van der Waals surface area contributed by atoms with E-state index in [0.29, 0.717) is 31.7 Å². The van der Waals surface area contributed by atoms with Crippen molar-refractivity contribution in [1.29, 1.82) is 0 Å². The van der Waals surface area contributed by atoms with Crippen LogP contribution in [0, 0.1) is 5.82 Å². The zero-order valence-corrected chi connectivity index (χ0v) is 18.4. The van der Waals surface area contributed by atoms with Crippen LogP contribution in [0.2, 0.25) is 0 Å². The van der Waals surface area contributed by atoms with Crippen molar-refractivity contribution in [1.82, 2.24) is 14.8 Å². The summed E-state index contributed by atoms with van der Waals surface area (Å²) in [6.07, 6.45) is 3.77. The van der Waals surface area contributed by atoms with Gasteiger partial charge in [0, 0.05) is 38.6 Å². The number of methoxy groups -OCH3 is 1. The summed E-state index contributed by atoms with van der Waals surface area (Å²) in [5, 5.41) is 11.1. The Balaban J connectivity index is 1.70. The molecule has 0 spiro atoms. The fourth-order valence-corrected chi connectivity index (χ4v) is 4.30. The minimum Gasteiger partial charge on any atom is -0.507 e. The van der Waals surface area contributed by atoms with E-state index in [0.717, 1.165) is 25.7 Å². The van der Waals surface area contributed by atoms with Crippen LogP contribution in [0.3, 0.4) is 0 Å². The summed E-state index contributed by atoms with van der Waals surface area (Å²) >= 11 is 0. The average molecular weight is 455 g/mol. The molecule has 174 valence electrons. The second-order valence-corrected chi connectivity index (χ2v) is 7.93. The number of hydrogen-bond acceptors (Lipinski definition) is 7. The highest BCUT2D eigenvalue weighted by molar-refractivity contribution is 6.46. The van der Waals surface area contributed by atoms with Crippen molar-refractivity contribution in [3.8, 4) is 5.75 Å². The minimum atomic E-state index is -0.814. The van der Waals surface area contributed by atoms with Crippen LogP contribution in [0.4, 0.5) is 4.39 Å². The largest absolute Gasteiger partial charge is 0.507 e. The van der Waals surface area contributed by atoms with Gasteiger partial charge in [-0.2, -0.15) is 0 Å². The van der Waals surface area contributed by atoms with Gasteiger partial charge < -0.3 is 19.5 Å². The van der Waals surface area contributed by atoms with Crippen molar-refractivity contribution >= 4 is 17.4 Å². The number of carbonyl (C=O) groups excluding carboxylic acids is 2. The second kappa shape index (κ2) is 10.1.